The topological polar surface area (TPSA) is 12.0 Å². The fraction of sp³-hybridized carbons (Fsp3) is 0.156. The van der Waals surface area contributed by atoms with Crippen molar-refractivity contribution >= 4 is 23.5 Å². The number of hydrogen-bond acceptors (Lipinski definition) is 1. The van der Waals surface area contributed by atoms with Crippen LogP contribution < -0.4 is 5.32 Å². The smallest absolute Gasteiger partial charge is 0.0426 e. The molecule has 1 unspecified atom stereocenters. The Morgan fingerprint density at radius 1 is 0.435 bits per heavy atom. The van der Waals surface area contributed by atoms with Gasteiger partial charge in [-0.25, -0.2) is 0 Å². The van der Waals surface area contributed by atoms with Crippen LogP contribution in [0.2, 0.25) is 0 Å². The Kier molecular flexibility index (Phi) is 6.62. The summed E-state index contributed by atoms with van der Waals surface area (Å²) < 4.78 is 0. The molecule has 0 fully saturated rings. The Bertz CT molecular complexity index is 2110. The van der Waals surface area contributed by atoms with Crippen molar-refractivity contribution in [2.75, 3.05) is 5.32 Å². The highest BCUT2D eigenvalue weighted by Gasteiger charge is 2.36. The second-order valence-corrected chi connectivity index (χ2v) is 13.9. The zero-order valence-corrected chi connectivity index (χ0v) is 27.0. The fourth-order valence-corrected chi connectivity index (χ4v) is 7.84. The summed E-state index contributed by atoms with van der Waals surface area (Å²) in [5.41, 5.74) is 16.9. The normalized spacial score (nSPS) is 15.7. The molecule has 224 valence electrons. The molecule has 1 N–H and O–H groups in total. The molecule has 1 nitrogen and oxygen atoms in total. The lowest BCUT2D eigenvalue weighted by molar-refractivity contribution is 0.638. The summed E-state index contributed by atoms with van der Waals surface area (Å²) in [6.07, 6.45) is 4.47. The Labute approximate surface area is 273 Å². The van der Waals surface area contributed by atoms with E-state index < -0.39 is 0 Å². The minimum absolute atomic E-state index is 0.0246. The largest absolute Gasteiger partial charge is 0.355 e. The summed E-state index contributed by atoms with van der Waals surface area (Å²) in [6, 6.07) is 51.5. The highest BCUT2D eigenvalue weighted by Crippen LogP contribution is 2.50. The van der Waals surface area contributed by atoms with E-state index in [4.69, 9.17) is 0 Å². The van der Waals surface area contributed by atoms with Gasteiger partial charge in [0.15, 0.2) is 0 Å². The molecule has 46 heavy (non-hydrogen) atoms. The predicted molar refractivity (Wildman–Crippen MR) is 195 cm³/mol. The molecule has 0 saturated heterocycles. The van der Waals surface area contributed by atoms with Crippen LogP contribution in [-0.4, -0.2) is 0 Å². The molecule has 0 bridgehead atoms. The zero-order chi connectivity index (χ0) is 31.5. The lowest BCUT2D eigenvalue weighted by Crippen LogP contribution is -2.25. The Morgan fingerprint density at radius 2 is 1.00 bits per heavy atom. The van der Waals surface area contributed by atoms with E-state index in [-0.39, 0.29) is 16.7 Å². The predicted octanol–water partition coefficient (Wildman–Crippen LogP) is 11.7. The average molecular weight is 594 g/mol. The van der Waals surface area contributed by atoms with Crippen molar-refractivity contribution in [3.8, 4) is 11.1 Å². The van der Waals surface area contributed by atoms with E-state index in [1.54, 1.807) is 0 Å². The molecule has 1 heteroatoms. The molecule has 1 aliphatic carbocycles. The first-order chi connectivity index (χ1) is 22.3. The van der Waals surface area contributed by atoms with E-state index in [1.807, 2.05) is 0 Å². The summed E-state index contributed by atoms with van der Waals surface area (Å²) in [5, 5.41) is 3.64. The molecule has 6 aromatic rings. The summed E-state index contributed by atoms with van der Waals surface area (Å²) in [7, 11) is 0. The lowest BCUT2D eigenvalue weighted by Gasteiger charge is -2.35. The monoisotopic (exact) mass is 593 g/mol. The van der Waals surface area contributed by atoms with Crippen LogP contribution in [0.1, 0.15) is 83.7 Å². The fourth-order valence-electron chi connectivity index (χ4n) is 7.84. The molecular formula is C45H39N. The number of para-hydroxylation sites is 1. The molecule has 0 saturated carbocycles. The van der Waals surface area contributed by atoms with Crippen molar-refractivity contribution in [2.24, 2.45) is 0 Å². The van der Waals surface area contributed by atoms with Gasteiger partial charge in [-0.05, 0) is 79.4 Å². The van der Waals surface area contributed by atoms with Gasteiger partial charge in [0.1, 0.15) is 0 Å². The molecule has 0 aromatic heterocycles. The maximum atomic E-state index is 3.64. The first-order valence-corrected chi connectivity index (χ1v) is 16.4. The molecule has 1 atom stereocenters. The van der Waals surface area contributed by atoms with Crippen molar-refractivity contribution < 1.29 is 0 Å². The van der Waals surface area contributed by atoms with Gasteiger partial charge < -0.3 is 5.32 Å². The molecule has 1 heterocycles. The van der Waals surface area contributed by atoms with Gasteiger partial charge in [-0.3, -0.25) is 0 Å². The number of hydrogen-bond donors (Lipinski definition) is 1. The Hall–Kier alpha value is -5.14. The van der Waals surface area contributed by atoms with Gasteiger partial charge >= 0.3 is 0 Å². The van der Waals surface area contributed by atoms with Crippen molar-refractivity contribution in [1.82, 2.24) is 0 Å². The molecule has 0 radical (unpaired) electrons. The lowest BCUT2D eigenvalue weighted by atomic mass is 9.74. The van der Waals surface area contributed by atoms with E-state index in [9.17, 15) is 0 Å². The molecule has 0 spiro atoms. The van der Waals surface area contributed by atoms with E-state index >= 15 is 0 Å². The van der Waals surface area contributed by atoms with Gasteiger partial charge in [-0.15, -0.1) is 0 Å². The second kappa shape index (κ2) is 10.7. The Balaban J connectivity index is 1.10. The molecule has 6 aromatic carbocycles. The van der Waals surface area contributed by atoms with Crippen LogP contribution in [0.5, 0.6) is 0 Å². The highest BCUT2D eigenvalue weighted by molar-refractivity contribution is 5.81. The van der Waals surface area contributed by atoms with E-state index in [1.165, 1.54) is 72.6 Å². The van der Waals surface area contributed by atoms with Gasteiger partial charge in [0, 0.05) is 28.1 Å². The third-order valence-electron chi connectivity index (χ3n) is 10.4. The number of fused-ring (bicyclic) bond motifs is 5. The average Bonchev–Trinajstić information content (AvgIpc) is 3.31. The van der Waals surface area contributed by atoms with Gasteiger partial charge in [-0.2, -0.15) is 0 Å². The molecule has 2 aliphatic rings. The highest BCUT2D eigenvalue weighted by atomic mass is 14.9. The summed E-state index contributed by atoms with van der Waals surface area (Å²) >= 11 is 0. The molecule has 0 amide bonds. The van der Waals surface area contributed by atoms with Crippen LogP contribution in [0.4, 0.5) is 11.4 Å². The van der Waals surface area contributed by atoms with Crippen molar-refractivity contribution in [3.05, 3.63) is 190 Å². The number of rotatable bonds is 5. The summed E-state index contributed by atoms with van der Waals surface area (Å²) in [5.74, 6) is 0.155. The minimum atomic E-state index is -0.0648. The van der Waals surface area contributed by atoms with E-state index in [0.717, 1.165) is 0 Å². The maximum Gasteiger partial charge on any atom is 0.0426 e. The first-order valence-electron chi connectivity index (χ1n) is 16.4. The molecular weight excluding hydrogens is 555 g/mol. The zero-order valence-electron chi connectivity index (χ0n) is 27.0. The number of benzene rings is 6. The Morgan fingerprint density at radius 3 is 1.80 bits per heavy atom. The van der Waals surface area contributed by atoms with Crippen LogP contribution in [0, 0.1) is 0 Å². The number of anilines is 2. The van der Waals surface area contributed by atoms with Crippen LogP contribution >= 0.6 is 0 Å². The van der Waals surface area contributed by atoms with Gasteiger partial charge in [0.25, 0.3) is 0 Å². The maximum absolute atomic E-state index is 3.64. The second-order valence-electron chi connectivity index (χ2n) is 13.9. The van der Waals surface area contributed by atoms with Crippen molar-refractivity contribution in [3.63, 3.8) is 0 Å². The number of nitrogens with one attached hydrogen (secondary N) is 1. The summed E-state index contributed by atoms with van der Waals surface area (Å²) in [6.45, 7) is 9.36. The molecule has 1 aliphatic heterocycles. The van der Waals surface area contributed by atoms with Gasteiger partial charge in [0.2, 0.25) is 0 Å². The standard InChI is InChI=1S/C45H39N/c1-44(2)37-15-9-8-14-35(37)36-26-25-34(29-39(36)44)43(32-12-6-5-7-13-32)33-23-20-30(21-24-33)18-19-31-22-27-42-40(28-31)45(3,4)38-16-10-11-17-41(38)46-42/h5-29,43,46H,1-4H3/b19-18+. The van der Waals surface area contributed by atoms with Gasteiger partial charge in [-0.1, -0.05) is 161 Å². The third kappa shape index (κ3) is 4.62. The third-order valence-corrected chi connectivity index (χ3v) is 10.4. The van der Waals surface area contributed by atoms with Crippen LogP contribution in [0.3, 0.4) is 0 Å². The SMILES string of the molecule is CC1(C)c2ccccc2Nc2ccc(/C=C/c3ccc(C(c4ccccc4)c4ccc5c(c4)C(C)(C)c4ccccc4-5)cc3)cc21. The van der Waals surface area contributed by atoms with Crippen LogP contribution in [-0.2, 0) is 10.8 Å². The van der Waals surface area contributed by atoms with Crippen molar-refractivity contribution in [2.45, 2.75) is 44.4 Å². The van der Waals surface area contributed by atoms with Gasteiger partial charge in [0.05, 0.1) is 0 Å². The minimum Gasteiger partial charge on any atom is -0.355 e. The van der Waals surface area contributed by atoms with Crippen LogP contribution in [0.25, 0.3) is 23.3 Å². The van der Waals surface area contributed by atoms with E-state index in [2.05, 4.69) is 185 Å². The summed E-state index contributed by atoms with van der Waals surface area (Å²) in [4.78, 5) is 0. The van der Waals surface area contributed by atoms with Crippen molar-refractivity contribution in [1.29, 1.82) is 0 Å². The van der Waals surface area contributed by atoms with E-state index in [0.29, 0.717) is 0 Å². The van der Waals surface area contributed by atoms with Crippen LogP contribution in [0.15, 0.2) is 140 Å². The molecule has 8 rings (SSSR count). The first kappa shape index (κ1) is 28.3. The quantitative estimate of drug-likeness (QED) is 0.155.